The van der Waals surface area contributed by atoms with Crippen molar-refractivity contribution >= 4 is 5.91 Å². The van der Waals surface area contributed by atoms with E-state index < -0.39 is 6.10 Å². The molecule has 98 valence electrons. The van der Waals surface area contributed by atoms with Crippen LogP contribution < -0.4 is 5.56 Å². The van der Waals surface area contributed by atoms with Crippen LogP contribution in [0.3, 0.4) is 0 Å². The molecule has 2 unspecified atom stereocenters. The van der Waals surface area contributed by atoms with E-state index in [0.29, 0.717) is 6.42 Å². The number of likely N-dealkylation sites (N-methyl/N-ethyl adjacent to an activating group) is 1. The number of aliphatic hydroxyl groups excluding tert-OH is 1. The summed E-state index contributed by atoms with van der Waals surface area (Å²) in [4.78, 5) is 27.7. The van der Waals surface area contributed by atoms with Crippen molar-refractivity contribution in [3.8, 4) is 0 Å². The molecule has 1 aromatic rings. The first-order valence-electron chi connectivity index (χ1n) is 6.24. The van der Waals surface area contributed by atoms with Gasteiger partial charge in [-0.15, -0.1) is 0 Å². The number of nitrogens with zero attached hydrogens (tertiary/aromatic N) is 1. The maximum Gasteiger partial charge on any atom is 0.260 e. The summed E-state index contributed by atoms with van der Waals surface area (Å²) in [5, 5.41) is 9.92. The van der Waals surface area contributed by atoms with Crippen molar-refractivity contribution in [1.82, 2.24) is 9.88 Å². The molecule has 0 aromatic carbocycles. The largest absolute Gasteiger partial charge is 0.391 e. The fourth-order valence-corrected chi connectivity index (χ4v) is 2.47. The van der Waals surface area contributed by atoms with Crippen molar-refractivity contribution < 1.29 is 9.90 Å². The minimum Gasteiger partial charge on any atom is -0.391 e. The summed E-state index contributed by atoms with van der Waals surface area (Å²) < 4.78 is 0. The average molecular weight is 250 g/mol. The van der Waals surface area contributed by atoms with E-state index in [0.717, 1.165) is 19.3 Å². The van der Waals surface area contributed by atoms with Crippen molar-refractivity contribution in [3.63, 3.8) is 0 Å². The first-order chi connectivity index (χ1) is 8.61. The predicted molar refractivity (Wildman–Crippen MR) is 67.4 cm³/mol. The molecule has 18 heavy (non-hydrogen) atoms. The molecule has 1 amide bonds. The molecular formula is C13H18N2O3. The molecule has 1 heterocycles. The van der Waals surface area contributed by atoms with Gasteiger partial charge in [0.05, 0.1) is 12.1 Å². The minimum absolute atomic E-state index is 0.123. The van der Waals surface area contributed by atoms with Crippen LogP contribution in [0, 0.1) is 0 Å². The summed E-state index contributed by atoms with van der Waals surface area (Å²) >= 11 is 0. The Morgan fingerprint density at radius 1 is 1.44 bits per heavy atom. The topological polar surface area (TPSA) is 73.4 Å². The highest BCUT2D eigenvalue weighted by Crippen LogP contribution is 2.23. The number of aromatic amines is 1. The zero-order valence-electron chi connectivity index (χ0n) is 10.4. The summed E-state index contributed by atoms with van der Waals surface area (Å²) in [5.41, 5.74) is -0.266. The highest BCUT2D eigenvalue weighted by molar-refractivity contribution is 5.93. The molecule has 0 aliphatic heterocycles. The van der Waals surface area contributed by atoms with Crippen molar-refractivity contribution in [2.75, 3.05) is 7.05 Å². The third-order valence-electron chi connectivity index (χ3n) is 3.56. The number of nitrogens with one attached hydrogen (secondary N) is 1. The molecular weight excluding hydrogens is 232 g/mol. The Hall–Kier alpha value is -1.62. The number of H-pyrrole nitrogens is 1. The SMILES string of the molecule is CN(C(=O)c1ccc[nH]c1=O)C1CCCCC1O. The summed E-state index contributed by atoms with van der Waals surface area (Å²) in [6, 6.07) is 2.94. The molecule has 2 N–H and O–H groups in total. The van der Waals surface area contributed by atoms with Crippen molar-refractivity contribution in [1.29, 1.82) is 0 Å². The second kappa shape index (κ2) is 5.35. The number of pyridine rings is 1. The number of carbonyl (C=O) groups is 1. The number of aromatic nitrogens is 1. The van der Waals surface area contributed by atoms with Crippen LogP contribution in [0.1, 0.15) is 36.0 Å². The van der Waals surface area contributed by atoms with E-state index >= 15 is 0 Å². The number of carbonyl (C=O) groups excluding carboxylic acids is 1. The van der Waals surface area contributed by atoms with Gasteiger partial charge in [0.1, 0.15) is 5.56 Å². The lowest BCUT2D eigenvalue weighted by molar-refractivity contribution is 0.0267. The van der Waals surface area contributed by atoms with E-state index in [-0.39, 0.29) is 23.1 Å². The van der Waals surface area contributed by atoms with Crippen molar-refractivity contribution in [3.05, 3.63) is 34.2 Å². The van der Waals surface area contributed by atoms with Crippen LogP contribution in [-0.4, -0.2) is 40.1 Å². The molecule has 0 saturated heterocycles. The lowest BCUT2D eigenvalue weighted by Gasteiger charge is -2.35. The van der Waals surface area contributed by atoms with Gasteiger partial charge in [-0.2, -0.15) is 0 Å². The molecule has 2 rings (SSSR count). The summed E-state index contributed by atoms with van der Waals surface area (Å²) in [6.45, 7) is 0. The van der Waals surface area contributed by atoms with Gasteiger partial charge >= 0.3 is 0 Å². The van der Waals surface area contributed by atoms with Crippen LogP contribution in [0.25, 0.3) is 0 Å². The van der Waals surface area contributed by atoms with Gasteiger partial charge in [-0.25, -0.2) is 0 Å². The first-order valence-corrected chi connectivity index (χ1v) is 6.24. The lowest BCUT2D eigenvalue weighted by atomic mass is 9.91. The summed E-state index contributed by atoms with van der Waals surface area (Å²) in [6.07, 6.45) is 4.50. The van der Waals surface area contributed by atoms with Gasteiger partial charge in [-0.3, -0.25) is 9.59 Å². The van der Waals surface area contributed by atoms with Gasteiger partial charge in [0.15, 0.2) is 0 Å². The van der Waals surface area contributed by atoms with Gasteiger partial charge < -0.3 is 15.0 Å². The summed E-state index contributed by atoms with van der Waals surface area (Å²) in [5.74, 6) is -0.331. The second-order valence-corrected chi connectivity index (χ2v) is 4.75. The van der Waals surface area contributed by atoms with Gasteiger partial charge in [0.25, 0.3) is 11.5 Å². The molecule has 1 aromatic heterocycles. The Bertz CT molecular complexity index is 483. The molecule has 0 radical (unpaired) electrons. The standard InChI is InChI=1S/C13H18N2O3/c1-15(10-6-2-3-7-11(10)16)13(18)9-5-4-8-14-12(9)17/h4-5,8,10-11,16H,2-3,6-7H2,1H3,(H,14,17). The molecule has 1 saturated carbocycles. The van der Waals surface area contributed by atoms with Gasteiger partial charge in [0, 0.05) is 13.2 Å². The van der Waals surface area contributed by atoms with Crippen molar-refractivity contribution in [2.24, 2.45) is 0 Å². The smallest absolute Gasteiger partial charge is 0.260 e. The second-order valence-electron chi connectivity index (χ2n) is 4.75. The van der Waals surface area contributed by atoms with Gasteiger partial charge in [-0.1, -0.05) is 12.8 Å². The van der Waals surface area contributed by atoms with Crippen LogP contribution >= 0.6 is 0 Å². The summed E-state index contributed by atoms with van der Waals surface area (Å²) in [7, 11) is 1.65. The molecule has 5 nitrogen and oxygen atoms in total. The van der Waals surface area contributed by atoms with Crippen LogP contribution in [0.5, 0.6) is 0 Å². The van der Waals surface area contributed by atoms with Gasteiger partial charge in [0.2, 0.25) is 0 Å². The Morgan fingerprint density at radius 3 is 2.83 bits per heavy atom. The van der Waals surface area contributed by atoms with Crippen LogP contribution in [0.15, 0.2) is 23.1 Å². The fraction of sp³-hybridized carbons (Fsp3) is 0.538. The Morgan fingerprint density at radius 2 is 2.17 bits per heavy atom. The number of rotatable bonds is 2. The van der Waals surface area contributed by atoms with Crippen molar-refractivity contribution in [2.45, 2.75) is 37.8 Å². The molecule has 2 atom stereocenters. The molecule has 1 aliphatic carbocycles. The van der Waals surface area contributed by atoms with E-state index in [2.05, 4.69) is 4.98 Å². The number of aliphatic hydroxyl groups is 1. The number of amides is 1. The first kappa shape index (κ1) is 12.8. The minimum atomic E-state index is -0.490. The highest BCUT2D eigenvalue weighted by Gasteiger charge is 2.30. The Labute approximate surface area is 105 Å². The van der Waals surface area contributed by atoms with E-state index in [9.17, 15) is 14.7 Å². The average Bonchev–Trinajstić information content (AvgIpc) is 2.38. The van der Waals surface area contributed by atoms with E-state index in [1.165, 1.54) is 17.2 Å². The van der Waals surface area contributed by atoms with Crippen LogP contribution in [-0.2, 0) is 0 Å². The maximum absolute atomic E-state index is 12.2. The molecule has 5 heteroatoms. The molecule has 1 fully saturated rings. The Kier molecular flexibility index (Phi) is 3.81. The zero-order chi connectivity index (χ0) is 13.1. The van der Waals surface area contributed by atoms with Crippen LogP contribution in [0.2, 0.25) is 0 Å². The maximum atomic E-state index is 12.2. The number of hydrogen-bond acceptors (Lipinski definition) is 3. The quantitative estimate of drug-likeness (QED) is 0.813. The van der Waals surface area contributed by atoms with E-state index in [1.54, 1.807) is 13.1 Å². The van der Waals surface area contributed by atoms with Crippen LogP contribution in [0.4, 0.5) is 0 Å². The monoisotopic (exact) mass is 250 g/mol. The third kappa shape index (κ3) is 2.46. The normalized spacial score (nSPS) is 23.7. The zero-order valence-corrected chi connectivity index (χ0v) is 10.4. The molecule has 1 aliphatic rings. The highest BCUT2D eigenvalue weighted by atomic mass is 16.3. The van der Waals surface area contributed by atoms with E-state index in [1.807, 2.05) is 0 Å². The van der Waals surface area contributed by atoms with Gasteiger partial charge in [-0.05, 0) is 25.0 Å². The number of hydrogen-bond donors (Lipinski definition) is 2. The fourth-order valence-electron chi connectivity index (χ4n) is 2.47. The molecule has 0 bridgehead atoms. The molecule has 0 spiro atoms. The predicted octanol–water partition coefficient (Wildman–Crippen LogP) is 0.750. The Balaban J connectivity index is 2.18. The lowest BCUT2D eigenvalue weighted by Crippen LogP contribution is -2.47. The third-order valence-corrected chi connectivity index (χ3v) is 3.56. The van der Waals surface area contributed by atoms with E-state index in [4.69, 9.17) is 0 Å².